The first-order valence-corrected chi connectivity index (χ1v) is 4.53. The summed E-state index contributed by atoms with van der Waals surface area (Å²) in [5.41, 5.74) is 6.91. The Labute approximate surface area is 80.8 Å². The summed E-state index contributed by atoms with van der Waals surface area (Å²) in [6, 6.07) is 7.92. The van der Waals surface area contributed by atoms with Gasteiger partial charge in [0.1, 0.15) is 0 Å². The van der Waals surface area contributed by atoms with Crippen LogP contribution < -0.4 is 5.73 Å². The molecule has 0 amide bonds. The van der Waals surface area contributed by atoms with Crippen LogP contribution in [-0.2, 0) is 4.74 Å². The van der Waals surface area contributed by atoms with Crippen LogP contribution in [-0.4, -0.2) is 13.7 Å². The number of ether oxygens (including phenoxy) is 1. The number of benzene rings is 1. The number of hydrogen-bond acceptors (Lipinski definition) is 2. The standard InChI is InChI=1S/C9H12BrNO/c1-12-6-9(11)7-2-4-8(10)5-3-7/h2-5,9H,6,11H2,1H3/t9-/m0/s1. The Hall–Kier alpha value is -0.380. The summed E-state index contributed by atoms with van der Waals surface area (Å²) in [4.78, 5) is 0. The highest BCUT2D eigenvalue weighted by Gasteiger charge is 2.03. The van der Waals surface area contributed by atoms with Gasteiger partial charge in [0.15, 0.2) is 0 Å². The van der Waals surface area contributed by atoms with Crippen LogP contribution in [0.2, 0.25) is 0 Å². The van der Waals surface area contributed by atoms with E-state index >= 15 is 0 Å². The Morgan fingerprint density at radius 2 is 2.00 bits per heavy atom. The van der Waals surface area contributed by atoms with E-state index in [4.69, 9.17) is 10.5 Å². The van der Waals surface area contributed by atoms with Gasteiger partial charge in [-0.25, -0.2) is 0 Å². The zero-order valence-electron chi connectivity index (χ0n) is 6.96. The third-order valence-electron chi connectivity index (χ3n) is 1.64. The van der Waals surface area contributed by atoms with Crippen molar-refractivity contribution in [2.75, 3.05) is 13.7 Å². The molecule has 0 heterocycles. The van der Waals surface area contributed by atoms with E-state index in [1.54, 1.807) is 7.11 Å². The molecule has 0 saturated carbocycles. The Balaban J connectivity index is 2.68. The Bertz CT molecular complexity index is 235. The summed E-state index contributed by atoms with van der Waals surface area (Å²) < 4.78 is 6.02. The van der Waals surface area contributed by atoms with Crippen molar-refractivity contribution in [2.45, 2.75) is 6.04 Å². The lowest BCUT2D eigenvalue weighted by atomic mass is 10.1. The van der Waals surface area contributed by atoms with E-state index in [-0.39, 0.29) is 6.04 Å². The van der Waals surface area contributed by atoms with Crippen LogP contribution in [0.5, 0.6) is 0 Å². The average Bonchev–Trinajstić information content (AvgIpc) is 2.06. The molecule has 1 aromatic carbocycles. The molecule has 12 heavy (non-hydrogen) atoms. The molecule has 1 atom stereocenters. The number of halogens is 1. The number of nitrogens with two attached hydrogens (primary N) is 1. The molecule has 0 spiro atoms. The summed E-state index contributed by atoms with van der Waals surface area (Å²) >= 11 is 3.36. The fraction of sp³-hybridized carbons (Fsp3) is 0.333. The Morgan fingerprint density at radius 1 is 1.42 bits per heavy atom. The molecule has 0 bridgehead atoms. The van der Waals surface area contributed by atoms with Crippen molar-refractivity contribution in [1.29, 1.82) is 0 Å². The van der Waals surface area contributed by atoms with E-state index in [1.165, 1.54) is 0 Å². The number of rotatable bonds is 3. The van der Waals surface area contributed by atoms with Crippen molar-refractivity contribution >= 4 is 15.9 Å². The van der Waals surface area contributed by atoms with Gasteiger partial charge in [-0.15, -0.1) is 0 Å². The molecule has 0 saturated heterocycles. The summed E-state index contributed by atoms with van der Waals surface area (Å²) in [6.45, 7) is 0.557. The number of hydrogen-bond donors (Lipinski definition) is 1. The summed E-state index contributed by atoms with van der Waals surface area (Å²) in [5.74, 6) is 0. The van der Waals surface area contributed by atoms with Gasteiger partial charge in [-0.3, -0.25) is 0 Å². The van der Waals surface area contributed by atoms with Gasteiger partial charge in [0, 0.05) is 11.6 Å². The van der Waals surface area contributed by atoms with Gasteiger partial charge in [0.2, 0.25) is 0 Å². The highest BCUT2D eigenvalue weighted by molar-refractivity contribution is 9.10. The van der Waals surface area contributed by atoms with Crippen LogP contribution in [0.3, 0.4) is 0 Å². The largest absolute Gasteiger partial charge is 0.383 e. The maximum Gasteiger partial charge on any atom is 0.0655 e. The first-order chi connectivity index (χ1) is 5.74. The van der Waals surface area contributed by atoms with E-state index in [1.807, 2.05) is 24.3 Å². The minimum atomic E-state index is -0.0249. The second-order valence-corrected chi connectivity index (χ2v) is 3.53. The maximum absolute atomic E-state index is 5.82. The molecule has 0 unspecified atom stereocenters. The SMILES string of the molecule is COC[C@H](N)c1ccc(Br)cc1. The molecule has 0 radical (unpaired) electrons. The summed E-state index contributed by atoms with van der Waals surface area (Å²) in [5, 5.41) is 0. The summed E-state index contributed by atoms with van der Waals surface area (Å²) in [6.07, 6.45) is 0. The van der Waals surface area contributed by atoms with Crippen molar-refractivity contribution < 1.29 is 4.74 Å². The normalized spacial score (nSPS) is 12.9. The molecule has 2 nitrogen and oxygen atoms in total. The van der Waals surface area contributed by atoms with Crippen LogP contribution in [0.15, 0.2) is 28.7 Å². The second-order valence-electron chi connectivity index (χ2n) is 2.61. The van der Waals surface area contributed by atoms with E-state index in [0.717, 1.165) is 10.0 Å². The van der Waals surface area contributed by atoms with Gasteiger partial charge in [0.25, 0.3) is 0 Å². The predicted octanol–water partition coefficient (Wildman–Crippen LogP) is 2.10. The minimum Gasteiger partial charge on any atom is -0.383 e. The van der Waals surface area contributed by atoms with Crippen LogP contribution in [0.4, 0.5) is 0 Å². The lowest BCUT2D eigenvalue weighted by Gasteiger charge is -2.10. The zero-order valence-corrected chi connectivity index (χ0v) is 8.54. The third kappa shape index (κ3) is 2.59. The lowest BCUT2D eigenvalue weighted by Crippen LogP contribution is -2.15. The van der Waals surface area contributed by atoms with E-state index < -0.39 is 0 Å². The lowest BCUT2D eigenvalue weighted by molar-refractivity contribution is 0.181. The Morgan fingerprint density at radius 3 is 2.50 bits per heavy atom. The fourth-order valence-electron chi connectivity index (χ4n) is 0.986. The third-order valence-corrected chi connectivity index (χ3v) is 2.17. The molecule has 3 heteroatoms. The van der Waals surface area contributed by atoms with Gasteiger partial charge >= 0.3 is 0 Å². The number of methoxy groups -OCH3 is 1. The molecule has 1 aromatic rings. The minimum absolute atomic E-state index is 0.0249. The van der Waals surface area contributed by atoms with Gasteiger partial charge in [-0.05, 0) is 17.7 Å². The molecule has 66 valence electrons. The van der Waals surface area contributed by atoms with Crippen LogP contribution in [0.1, 0.15) is 11.6 Å². The van der Waals surface area contributed by atoms with Crippen molar-refractivity contribution in [2.24, 2.45) is 5.73 Å². The molecule has 2 N–H and O–H groups in total. The van der Waals surface area contributed by atoms with Crippen LogP contribution in [0.25, 0.3) is 0 Å². The van der Waals surface area contributed by atoms with Gasteiger partial charge in [0.05, 0.1) is 12.6 Å². The highest BCUT2D eigenvalue weighted by Crippen LogP contribution is 2.15. The highest BCUT2D eigenvalue weighted by atomic mass is 79.9. The average molecular weight is 230 g/mol. The maximum atomic E-state index is 5.82. The van der Waals surface area contributed by atoms with Crippen molar-refractivity contribution in [3.05, 3.63) is 34.3 Å². The first-order valence-electron chi connectivity index (χ1n) is 3.74. The van der Waals surface area contributed by atoms with Crippen LogP contribution >= 0.6 is 15.9 Å². The summed E-state index contributed by atoms with van der Waals surface area (Å²) in [7, 11) is 1.65. The van der Waals surface area contributed by atoms with Gasteiger partial charge in [-0.1, -0.05) is 28.1 Å². The molecule has 0 aliphatic carbocycles. The van der Waals surface area contributed by atoms with Gasteiger partial charge in [-0.2, -0.15) is 0 Å². The first kappa shape index (κ1) is 9.71. The topological polar surface area (TPSA) is 35.2 Å². The second kappa shape index (κ2) is 4.60. The van der Waals surface area contributed by atoms with E-state index in [9.17, 15) is 0 Å². The van der Waals surface area contributed by atoms with Gasteiger partial charge < -0.3 is 10.5 Å². The Kier molecular flexibility index (Phi) is 3.72. The molecule has 0 aromatic heterocycles. The fourth-order valence-corrected chi connectivity index (χ4v) is 1.25. The molecule has 0 aliphatic rings. The van der Waals surface area contributed by atoms with Crippen LogP contribution in [0, 0.1) is 0 Å². The smallest absolute Gasteiger partial charge is 0.0655 e. The monoisotopic (exact) mass is 229 g/mol. The van der Waals surface area contributed by atoms with Crippen molar-refractivity contribution in [3.8, 4) is 0 Å². The molecule has 0 aliphatic heterocycles. The zero-order chi connectivity index (χ0) is 8.97. The molecule has 0 fully saturated rings. The van der Waals surface area contributed by atoms with E-state index in [0.29, 0.717) is 6.61 Å². The molecular formula is C9H12BrNO. The van der Waals surface area contributed by atoms with Crippen molar-refractivity contribution in [1.82, 2.24) is 0 Å². The molecular weight excluding hydrogens is 218 g/mol. The quantitative estimate of drug-likeness (QED) is 0.862. The van der Waals surface area contributed by atoms with E-state index in [2.05, 4.69) is 15.9 Å². The van der Waals surface area contributed by atoms with Crippen molar-refractivity contribution in [3.63, 3.8) is 0 Å². The molecule has 1 rings (SSSR count). The predicted molar refractivity (Wildman–Crippen MR) is 52.9 cm³/mol.